The van der Waals surface area contributed by atoms with Crippen LogP contribution >= 0.6 is 39.1 Å². The molecule has 1 spiro atoms. The lowest BCUT2D eigenvalue weighted by Gasteiger charge is -2.44. The van der Waals surface area contributed by atoms with Gasteiger partial charge in [0.25, 0.3) is 0 Å². The highest BCUT2D eigenvalue weighted by atomic mass is 79.9. The van der Waals surface area contributed by atoms with Gasteiger partial charge in [-0.25, -0.2) is 14.2 Å². The second-order valence-corrected chi connectivity index (χ2v) is 10.3. The van der Waals surface area contributed by atoms with Crippen LogP contribution in [0.4, 0.5) is 15.0 Å². The number of carbonyl (C=O) groups excluding carboxylic acids is 1. The van der Waals surface area contributed by atoms with Crippen LogP contribution in [-0.4, -0.2) is 64.9 Å². The minimum absolute atomic E-state index is 0.0690. The zero-order valence-corrected chi connectivity index (χ0v) is 20.4. The molecule has 4 rings (SSSR count). The van der Waals surface area contributed by atoms with Crippen LogP contribution in [-0.2, 0) is 9.47 Å². The molecule has 31 heavy (non-hydrogen) atoms. The van der Waals surface area contributed by atoms with Crippen LogP contribution in [0.2, 0.25) is 10.3 Å². The van der Waals surface area contributed by atoms with E-state index in [1.54, 1.807) is 11.0 Å². The Kier molecular flexibility index (Phi) is 6.00. The Morgan fingerprint density at radius 2 is 2.06 bits per heavy atom. The van der Waals surface area contributed by atoms with Gasteiger partial charge in [0, 0.05) is 25.0 Å². The molecule has 0 radical (unpaired) electrons. The van der Waals surface area contributed by atoms with E-state index in [0.29, 0.717) is 50.5 Å². The number of hydrogen-bond donors (Lipinski definition) is 0. The van der Waals surface area contributed by atoms with Crippen molar-refractivity contribution in [1.82, 2.24) is 14.9 Å². The van der Waals surface area contributed by atoms with Gasteiger partial charge in [-0.1, -0.05) is 11.6 Å². The van der Waals surface area contributed by atoms with Gasteiger partial charge in [-0.05, 0) is 60.8 Å². The molecule has 0 bridgehead atoms. The van der Waals surface area contributed by atoms with E-state index < -0.39 is 17.0 Å². The third kappa shape index (κ3) is 4.29. The van der Waals surface area contributed by atoms with Gasteiger partial charge in [0.1, 0.15) is 16.9 Å². The number of aromatic nitrogens is 2. The number of rotatable bonds is 1. The number of hydrogen-bond acceptors (Lipinski definition) is 6. The van der Waals surface area contributed by atoms with E-state index in [1.807, 2.05) is 25.7 Å². The molecule has 1 aromatic heterocycles. The average molecular weight is 536 g/mol. The zero-order chi connectivity index (χ0) is 22.6. The number of nitrogens with zero attached hydrogens (tertiary/aromatic N) is 4. The number of fused-ring (bicyclic) bond motifs is 1. The lowest BCUT2D eigenvalue weighted by atomic mass is 9.96. The van der Waals surface area contributed by atoms with Crippen molar-refractivity contribution < 1.29 is 18.7 Å². The lowest BCUT2D eigenvalue weighted by molar-refractivity contribution is -0.0671. The van der Waals surface area contributed by atoms with E-state index in [4.69, 9.17) is 32.7 Å². The highest BCUT2D eigenvalue weighted by Crippen LogP contribution is 2.39. The third-order valence-electron chi connectivity index (χ3n) is 5.43. The molecule has 2 aromatic rings. The van der Waals surface area contributed by atoms with E-state index in [2.05, 4.69) is 25.9 Å². The predicted octanol–water partition coefficient (Wildman–Crippen LogP) is 5.05. The Bertz CT molecular complexity index is 1050. The maximum absolute atomic E-state index is 14.8. The minimum Gasteiger partial charge on any atom is -0.444 e. The molecule has 2 fully saturated rings. The van der Waals surface area contributed by atoms with Crippen LogP contribution in [0.5, 0.6) is 0 Å². The fraction of sp³-hybridized carbons (Fsp3) is 0.550. The lowest BCUT2D eigenvalue weighted by Crippen LogP contribution is -2.61. The van der Waals surface area contributed by atoms with E-state index in [-0.39, 0.29) is 26.4 Å². The molecule has 2 aliphatic heterocycles. The largest absolute Gasteiger partial charge is 0.444 e. The van der Waals surface area contributed by atoms with Gasteiger partial charge in [-0.15, -0.1) is 0 Å². The SMILES string of the molecule is CC(C)(C)OC(=O)N1CCOCC12CCN(c1nc(Cl)nc3c(F)c(Br)c(Cl)cc13)C2. The van der Waals surface area contributed by atoms with Crippen LogP contribution in [0.15, 0.2) is 10.5 Å². The van der Waals surface area contributed by atoms with Crippen LogP contribution in [0.3, 0.4) is 0 Å². The number of carbonyl (C=O) groups is 1. The summed E-state index contributed by atoms with van der Waals surface area (Å²) in [4.78, 5) is 25.1. The van der Waals surface area contributed by atoms with Crippen molar-refractivity contribution in [1.29, 1.82) is 0 Å². The highest BCUT2D eigenvalue weighted by Gasteiger charge is 2.49. The summed E-state index contributed by atoms with van der Waals surface area (Å²) in [6.07, 6.45) is 0.267. The third-order valence-corrected chi connectivity index (χ3v) is 6.90. The van der Waals surface area contributed by atoms with Gasteiger partial charge in [0.15, 0.2) is 5.82 Å². The number of ether oxygens (including phenoxy) is 2. The van der Waals surface area contributed by atoms with Crippen molar-refractivity contribution in [2.45, 2.75) is 38.3 Å². The Hall–Kier alpha value is -1.42. The van der Waals surface area contributed by atoms with E-state index in [9.17, 15) is 9.18 Å². The molecule has 1 atom stereocenters. The van der Waals surface area contributed by atoms with Crippen molar-refractivity contribution in [3.63, 3.8) is 0 Å². The van der Waals surface area contributed by atoms with Crippen molar-refractivity contribution in [2.24, 2.45) is 0 Å². The first-order valence-corrected chi connectivity index (χ1v) is 11.4. The van der Waals surface area contributed by atoms with Gasteiger partial charge in [0.05, 0.1) is 28.2 Å². The summed E-state index contributed by atoms with van der Waals surface area (Å²) in [5.41, 5.74) is -1.11. The first-order valence-electron chi connectivity index (χ1n) is 9.85. The van der Waals surface area contributed by atoms with Crippen molar-refractivity contribution in [2.75, 3.05) is 37.7 Å². The normalized spacial score (nSPS) is 21.9. The summed E-state index contributed by atoms with van der Waals surface area (Å²) in [6.45, 7) is 7.77. The van der Waals surface area contributed by atoms with E-state index in [0.717, 1.165) is 0 Å². The van der Waals surface area contributed by atoms with Crippen molar-refractivity contribution in [3.05, 3.63) is 26.7 Å². The average Bonchev–Trinajstić information content (AvgIpc) is 3.09. The Morgan fingerprint density at radius 1 is 1.32 bits per heavy atom. The molecule has 11 heteroatoms. The monoisotopic (exact) mass is 534 g/mol. The van der Waals surface area contributed by atoms with Gasteiger partial charge >= 0.3 is 6.09 Å². The Balaban J connectivity index is 1.71. The fourth-order valence-electron chi connectivity index (χ4n) is 4.08. The molecule has 0 aliphatic carbocycles. The summed E-state index contributed by atoms with van der Waals surface area (Å²) in [5.74, 6) is -0.131. The van der Waals surface area contributed by atoms with Crippen LogP contribution in [0.1, 0.15) is 27.2 Å². The number of morpholine rings is 1. The molecule has 1 aromatic carbocycles. The molecule has 7 nitrogen and oxygen atoms in total. The van der Waals surface area contributed by atoms with Gasteiger partial charge in [-0.3, -0.25) is 4.90 Å². The molecule has 3 heterocycles. The molecular weight excluding hydrogens is 514 g/mol. The molecule has 2 aliphatic rings. The van der Waals surface area contributed by atoms with Gasteiger partial charge in [0.2, 0.25) is 5.28 Å². The minimum atomic E-state index is -0.604. The van der Waals surface area contributed by atoms with Gasteiger partial charge in [-0.2, -0.15) is 4.98 Å². The maximum atomic E-state index is 14.8. The molecular formula is C20H22BrCl2FN4O3. The second-order valence-electron chi connectivity index (χ2n) is 8.78. The second kappa shape index (κ2) is 8.17. The number of amides is 1. The van der Waals surface area contributed by atoms with E-state index >= 15 is 0 Å². The molecule has 1 unspecified atom stereocenters. The quantitative estimate of drug-likeness (QED) is 0.376. The summed E-state index contributed by atoms with van der Waals surface area (Å²) in [5, 5.41) is 0.593. The topological polar surface area (TPSA) is 67.8 Å². The van der Waals surface area contributed by atoms with Crippen molar-refractivity contribution in [3.8, 4) is 0 Å². The molecule has 1 amide bonds. The molecule has 0 N–H and O–H groups in total. The van der Waals surface area contributed by atoms with Crippen molar-refractivity contribution >= 4 is 61.9 Å². The van der Waals surface area contributed by atoms with Crippen LogP contribution < -0.4 is 4.90 Å². The highest BCUT2D eigenvalue weighted by molar-refractivity contribution is 9.10. The van der Waals surface area contributed by atoms with E-state index in [1.165, 1.54) is 0 Å². The molecule has 168 valence electrons. The number of anilines is 1. The summed E-state index contributed by atoms with van der Waals surface area (Å²) < 4.78 is 26.3. The summed E-state index contributed by atoms with van der Waals surface area (Å²) in [7, 11) is 0. The number of benzene rings is 1. The Morgan fingerprint density at radius 3 is 2.77 bits per heavy atom. The molecule has 2 saturated heterocycles. The standard InChI is InChI=1S/C20H22BrCl2FN4O3/c1-19(2,3)31-18(29)28-6-7-30-10-20(28)4-5-27(9-20)16-11-8-12(22)13(21)14(24)15(11)25-17(23)26-16/h8H,4-7,9-10H2,1-3H3. The first-order chi connectivity index (χ1) is 14.5. The van der Waals surface area contributed by atoms with Gasteiger partial charge < -0.3 is 14.4 Å². The van der Waals surface area contributed by atoms with Crippen LogP contribution in [0, 0.1) is 5.82 Å². The van der Waals surface area contributed by atoms with Crippen LogP contribution in [0.25, 0.3) is 10.9 Å². The molecule has 0 saturated carbocycles. The maximum Gasteiger partial charge on any atom is 0.410 e. The Labute approximate surface area is 197 Å². The smallest absolute Gasteiger partial charge is 0.410 e. The number of halogens is 4. The summed E-state index contributed by atoms with van der Waals surface area (Å²) >= 11 is 15.5. The fourth-order valence-corrected chi connectivity index (χ4v) is 4.74. The predicted molar refractivity (Wildman–Crippen MR) is 121 cm³/mol. The summed E-state index contributed by atoms with van der Waals surface area (Å²) in [6, 6.07) is 1.61. The first kappa shape index (κ1) is 22.8. The zero-order valence-electron chi connectivity index (χ0n) is 17.3.